The number of amides is 2. The summed E-state index contributed by atoms with van der Waals surface area (Å²) >= 11 is 7.73. The molecule has 0 bridgehead atoms. The van der Waals surface area contributed by atoms with E-state index in [-0.39, 0.29) is 27.6 Å². The number of thiophene rings is 1. The van der Waals surface area contributed by atoms with Crippen LogP contribution < -0.4 is 10.6 Å². The van der Waals surface area contributed by atoms with Crippen LogP contribution >= 0.6 is 22.9 Å². The average Bonchev–Trinajstić information content (AvgIpc) is 3.20. The summed E-state index contributed by atoms with van der Waals surface area (Å²) in [4.78, 5) is 37.0. The van der Waals surface area contributed by atoms with E-state index in [1.165, 1.54) is 41.7 Å². The summed E-state index contributed by atoms with van der Waals surface area (Å²) in [7, 11) is 0. The molecule has 1 aromatic heterocycles. The minimum absolute atomic E-state index is 0.0314. The van der Waals surface area contributed by atoms with Gasteiger partial charge in [-0.15, -0.1) is 11.3 Å². The third-order valence-electron chi connectivity index (χ3n) is 3.88. The van der Waals surface area contributed by atoms with Gasteiger partial charge in [0.2, 0.25) is 0 Å². The van der Waals surface area contributed by atoms with Crippen LogP contribution in [-0.4, -0.2) is 22.9 Å². The van der Waals surface area contributed by atoms with Gasteiger partial charge in [-0.2, -0.15) is 0 Å². The molecule has 6 nitrogen and oxygen atoms in total. The Morgan fingerprint density at radius 3 is 2.32 bits per heavy atom. The fourth-order valence-electron chi connectivity index (χ4n) is 2.52. The van der Waals surface area contributed by atoms with Crippen LogP contribution in [-0.2, 0) is 6.54 Å². The average molecular weight is 415 g/mol. The van der Waals surface area contributed by atoms with Crippen LogP contribution in [0.5, 0.6) is 0 Å². The van der Waals surface area contributed by atoms with Crippen molar-refractivity contribution in [1.29, 1.82) is 0 Å². The summed E-state index contributed by atoms with van der Waals surface area (Å²) in [6, 6.07) is 14.2. The molecule has 142 valence electrons. The first-order valence-electron chi connectivity index (χ1n) is 8.19. The van der Waals surface area contributed by atoms with Gasteiger partial charge in [-0.05, 0) is 41.8 Å². The quantitative estimate of drug-likeness (QED) is 0.561. The smallest absolute Gasteiger partial charge is 0.336 e. The van der Waals surface area contributed by atoms with Crippen molar-refractivity contribution in [3.8, 4) is 0 Å². The number of carboxylic acid groups (broad SMARTS) is 1. The molecule has 0 fully saturated rings. The molecule has 2 amide bonds. The molecule has 3 rings (SSSR count). The molecular weight excluding hydrogens is 400 g/mol. The molecule has 8 heteroatoms. The number of nitrogens with one attached hydrogen (secondary N) is 2. The van der Waals surface area contributed by atoms with Crippen molar-refractivity contribution < 1.29 is 19.5 Å². The van der Waals surface area contributed by atoms with E-state index in [4.69, 9.17) is 11.6 Å². The highest BCUT2D eigenvalue weighted by atomic mass is 35.5. The number of aromatic carboxylic acids is 1. The van der Waals surface area contributed by atoms with Crippen LogP contribution in [0.1, 0.15) is 36.0 Å². The number of carbonyl (C=O) groups excluding carboxylic acids is 2. The number of rotatable bonds is 6. The number of carboxylic acids is 1. The number of benzene rings is 2. The van der Waals surface area contributed by atoms with E-state index >= 15 is 0 Å². The highest BCUT2D eigenvalue weighted by molar-refractivity contribution is 7.09. The summed E-state index contributed by atoms with van der Waals surface area (Å²) in [5.74, 6) is -2.10. The Bertz CT molecular complexity index is 1030. The lowest BCUT2D eigenvalue weighted by Gasteiger charge is -2.10. The van der Waals surface area contributed by atoms with Crippen LogP contribution in [0.25, 0.3) is 0 Å². The molecule has 0 spiro atoms. The molecule has 2 aromatic carbocycles. The minimum Gasteiger partial charge on any atom is -0.478 e. The molecule has 3 N–H and O–H groups in total. The second kappa shape index (κ2) is 8.69. The van der Waals surface area contributed by atoms with E-state index < -0.39 is 11.9 Å². The van der Waals surface area contributed by atoms with E-state index in [9.17, 15) is 19.5 Å². The van der Waals surface area contributed by atoms with Crippen molar-refractivity contribution in [3.63, 3.8) is 0 Å². The van der Waals surface area contributed by atoms with Crippen LogP contribution in [0.4, 0.5) is 5.69 Å². The van der Waals surface area contributed by atoms with Gasteiger partial charge in [0.25, 0.3) is 11.8 Å². The number of hydrogen-bond acceptors (Lipinski definition) is 4. The number of carbonyl (C=O) groups is 3. The zero-order valence-electron chi connectivity index (χ0n) is 14.4. The van der Waals surface area contributed by atoms with Crippen molar-refractivity contribution in [2.75, 3.05) is 5.32 Å². The largest absolute Gasteiger partial charge is 0.478 e. The lowest BCUT2D eigenvalue weighted by Crippen LogP contribution is -2.22. The zero-order chi connectivity index (χ0) is 20.1. The first kappa shape index (κ1) is 19.6. The molecular formula is C20H15ClN2O4S. The topological polar surface area (TPSA) is 95.5 Å². The second-order valence-electron chi connectivity index (χ2n) is 5.76. The zero-order valence-corrected chi connectivity index (χ0v) is 16.0. The first-order valence-corrected chi connectivity index (χ1v) is 9.45. The Morgan fingerprint density at radius 2 is 1.68 bits per heavy atom. The van der Waals surface area contributed by atoms with Gasteiger partial charge >= 0.3 is 5.97 Å². The standard InChI is InChI=1S/C20H15ClN2O4S/c21-17-10-12(23-19(25)14-5-1-2-6-15(14)20(26)27)7-8-16(17)18(24)22-11-13-4-3-9-28-13/h1-10H,11H2,(H,22,24)(H,23,25)(H,26,27). The van der Waals surface area contributed by atoms with E-state index in [0.29, 0.717) is 12.2 Å². The van der Waals surface area contributed by atoms with Crippen molar-refractivity contribution in [1.82, 2.24) is 5.32 Å². The number of anilines is 1. The van der Waals surface area contributed by atoms with Crippen LogP contribution in [0.15, 0.2) is 60.0 Å². The van der Waals surface area contributed by atoms with Gasteiger partial charge < -0.3 is 15.7 Å². The normalized spacial score (nSPS) is 10.3. The SMILES string of the molecule is O=C(NCc1cccs1)c1ccc(NC(=O)c2ccccc2C(=O)O)cc1Cl. The fraction of sp³-hybridized carbons (Fsp3) is 0.0500. The van der Waals surface area contributed by atoms with Gasteiger partial charge in [0.1, 0.15) is 0 Å². The number of halogens is 1. The maximum atomic E-state index is 12.4. The van der Waals surface area contributed by atoms with E-state index in [0.717, 1.165) is 4.88 Å². The van der Waals surface area contributed by atoms with E-state index in [2.05, 4.69) is 10.6 Å². The molecule has 0 atom stereocenters. The number of hydrogen-bond donors (Lipinski definition) is 3. The monoisotopic (exact) mass is 414 g/mol. The predicted molar refractivity (Wildman–Crippen MR) is 108 cm³/mol. The Hall–Kier alpha value is -3.16. The summed E-state index contributed by atoms with van der Waals surface area (Å²) in [6.07, 6.45) is 0. The molecule has 0 saturated carbocycles. The highest BCUT2D eigenvalue weighted by Gasteiger charge is 2.17. The maximum absolute atomic E-state index is 12.4. The van der Waals surface area contributed by atoms with Crippen LogP contribution in [0.3, 0.4) is 0 Å². The Kier molecular flexibility index (Phi) is 6.08. The summed E-state index contributed by atoms with van der Waals surface area (Å²) in [5.41, 5.74) is 0.562. The van der Waals surface area contributed by atoms with Gasteiger partial charge in [-0.1, -0.05) is 29.8 Å². The van der Waals surface area contributed by atoms with Crippen molar-refractivity contribution >= 4 is 46.4 Å². The summed E-state index contributed by atoms with van der Waals surface area (Å²) < 4.78 is 0. The van der Waals surface area contributed by atoms with E-state index in [1.54, 1.807) is 12.1 Å². The lowest BCUT2D eigenvalue weighted by atomic mass is 10.1. The molecule has 0 unspecified atom stereocenters. The van der Waals surface area contributed by atoms with Crippen molar-refractivity contribution in [3.05, 3.63) is 86.6 Å². The summed E-state index contributed by atoms with van der Waals surface area (Å²) in [5, 5.41) is 16.7. The Morgan fingerprint density at radius 1 is 0.929 bits per heavy atom. The Balaban J connectivity index is 1.71. The van der Waals surface area contributed by atoms with Gasteiger partial charge in [-0.3, -0.25) is 9.59 Å². The highest BCUT2D eigenvalue weighted by Crippen LogP contribution is 2.22. The predicted octanol–water partition coefficient (Wildman–Crippen LogP) is 4.28. The second-order valence-corrected chi connectivity index (χ2v) is 7.20. The van der Waals surface area contributed by atoms with Gasteiger partial charge in [-0.25, -0.2) is 4.79 Å². The van der Waals surface area contributed by atoms with Gasteiger partial charge in [0.15, 0.2) is 0 Å². The molecule has 0 radical (unpaired) electrons. The molecule has 0 aliphatic rings. The third kappa shape index (κ3) is 4.57. The molecule has 28 heavy (non-hydrogen) atoms. The van der Waals surface area contributed by atoms with Gasteiger partial charge in [0.05, 0.1) is 28.3 Å². The third-order valence-corrected chi connectivity index (χ3v) is 5.07. The maximum Gasteiger partial charge on any atom is 0.336 e. The minimum atomic E-state index is -1.19. The molecule has 0 saturated heterocycles. The molecule has 1 heterocycles. The first-order chi connectivity index (χ1) is 13.5. The molecule has 0 aliphatic heterocycles. The lowest BCUT2D eigenvalue weighted by molar-refractivity contribution is 0.0692. The molecule has 0 aliphatic carbocycles. The molecule has 3 aromatic rings. The summed E-state index contributed by atoms with van der Waals surface area (Å²) in [6.45, 7) is 0.400. The Labute approximate surface area is 169 Å². The van der Waals surface area contributed by atoms with Gasteiger partial charge in [0, 0.05) is 10.6 Å². The van der Waals surface area contributed by atoms with Crippen LogP contribution in [0.2, 0.25) is 5.02 Å². The van der Waals surface area contributed by atoms with Crippen molar-refractivity contribution in [2.45, 2.75) is 6.54 Å². The van der Waals surface area contributed by atoms with E-state index in [1.807, 2.05) is 17.5 Å². The van der Waals surface area contributed by atoms with Crippen molar-refractivity contribution in [2.24, 2.45) is 0 Å². The fourth-order valence-corrected chi connectivity index (χ4v) is 3.43. The van der Waals surface area contributed by atoms with Crippen LogP contribution in [0, 0.1) is 0 Å².